The summed E-state index contributed by atoms with van der Waals surface area (Å²) in [4.78, 5) is 20.8. The van der Waals surface area contributed by atoms with Crippen LogP contribution in [-0.4, -0.2) is 39.4 Å². The van der Waals surface area contributed by atoms with Gasteiger partial charge in [0.05, 0.1) is 5.69 Å². The number of nitrogens with zero attached hydrogens (tertiary/aromatic N) is 3. The Labute approximate surface area is 155 Å². The summed E-state index contributed by atoms with van der Waals surface area (Å²) in [6.07, 6.45) is 5.51. The van der Waals surface area contributed by atoms with Crippen molar-refractivity contribution in [3.8, 4) is 11.3 Å². The van der Waals surface area contributed by atoms with Gasteiger partial charge in [-0.15, -0.1) is 0 Å². The van der Waals surface area contributed by atoms with E-state index < -0.39 is 5.91 Å². The third-order valence-electron chi connectivity index (χ3n) is 4.53. The van der Waals surface area contributed by atoms with E-state index in [0.717, 1.165) is 37.2 Å². The number of nitrogens with two attached hydrogens (primary N) is 1. The first-order valence-electron chi connectivity index (χ1n) is 8.53. The van der Waals surface area contributed by atoms with Gasteiger partial charge in [-0.3, -0.25) is 9.20 Å². The summed E-state index contributed by atoms with van der Waals surface area (Å²) in [7, 11) is 0. The van der Waals surface area contributed by atoms with E-state index in [1.807, 2.05) is 18.3 Å². The number of hydrogen-bond donors (Lipinski definition) is 3. The van der Waals surface area contributed by atoms with E-state index in [2.05, 4.69) is 20.6 Å². The van der Waals surface area contributed by atoms with Crippen LogP contribution in [0.25, 0.3) is 16.9 Å². The van der Waals surface area contributed by atoms with E-state index >= 15 is 0 Å². The van der Waals surface area contributed by atoms with Gasteiger partial charge in [0.1, 0.15) is 5.56 Å². The molecule has 1 aliphatic heterocycles. The molecule has 8 heteroatoms. The molecule has 0 radical (unpaired) electrons. The SMILES string of the molecule is NC(=O)c1cnc(NC2CCCNC2)n2cc(-c3ccc(Cl)cc3)nc12. The van der Waals surface area contributed by atoms with E-state index in [1.54, 1.807) is 16.5 Å². The topological polar surface area (TPSA) is 97.3 Å². The van der Waals surface area contributed by atoms with Gasteiger partial charge in [-0.2, -0.15) is 0 Å². The molecule has 1 aromatic carbocycles. The van der Waals surface area contributed by atoms with Crippen molar-refractivity contribution in [2.75, 3.05) is 18.4 Å². The Morgan fingerprint density at radius 3 is 2.85 bits per heavy atom. The van der Waals surface area contributed by atoms with E-state index in [4.69, 9.17) is 17.3 Å². The van der Waals surface area contributed by atoms with Crippen LogP contribution in [0.2, 0.25) is 5.02 Å². The average molecular weight is 371 g/mol. The minimum Gasteiger partial charge on any atom is -0.365 e. The first-order valence-corrected chi connectivity index (χ1v) is 8.91. The van der Waals surface area contributed by atoms with Crippen molar-refractivity contribution in [3.63, 3.8) is 0 Å². The standard InChI is InChI=1S/C18H19ClN6O/c19-12-5-3-11(4-6-12)15-10-25-17(24-15)14(16(20)26)9-22-18(25)23-13-2-1-7-21-8-13/h3-6,9-10,13,21H,1-2,7-8H2,(H2,20,26)(H,22,23). The molecule has 1 unspecified atom stereocenters. The summed E-state index contributed by atoms with van der Waals surface area (Å²) in [6.45, 7) is 1.91. The average Bonchev–Trinajstić information content (AvgIpc) is 3.09. The van der Waals surface area contributed by atoms with Crippen LogP contribution in [0.4, 0.5) is 5.95 Å². The second-order valence-corrected chi connectivity index (χ2v) is 6.81. The molecule has 4 rings (SSSR count). The van der Waals surface area contributed by atoms with Gasteiger partial charge >= 0.3 is 0 Å². The Balaban J connectivity index is 1.78. The summed E-state index contributed by atoms with van der Waals surface area (Å²) >= 11 is 5.97. The van der Waals surface area contributed by atoms with Crippen LogP contribution in [0.3, 0.4) is 0 Å². The van der Waals surface area contributed by atoms with Crippen molar-refractivity contribution in [3.05, 3.63) is 47.2 Å². The fourth-order valence-corrected chi connectivity index (χ4v) is 3.30. The second-order valence-electron chi connectivity index (χ2n) is 6.37. The lowest BCUT2D eigenvalue weighted by Crippen LogP contribution is -2.39. The minimum atomic E-state index is -0.554. The van der Waals surface area contributed by atoms with Gasteiger partial charge in [0.25, 0.3) is 5.91 Å². The molecule has 3 aromatic rings. The summed E-state index contributed by atoms with van der Waals surface area (Å²) in [5, 5.41) is 7.46. The monoisotopic (exact) mass is 370 g/mol. The number of piperidine rings is 1. The zero-order valence-electron chi connectivity index (χ0n) is 14.1. The fourth-order valence-electron chi connectivity index (χ4n) is 3.18. The van der Waals surface area contributed by atoms with Gasteiger partial charge in [0, 0.05) is 35.6 Å². The number of fused-ring (bicyclic) bond motifs is 1. The molecule has 1 saturated heterocycles. The highest BCUT2D eigenvalue weighted by molar-refractivity contribution is 6.30. The molecular formula is C18H19ClN6O. The van der Waals surface area contributed by atoms with Crippen molar-refractivity contribution >= 4 is 29.1 Å². The summed E-state index contributed by atoms with van der Waals surface area (Å²) in [5.41, 5.74) is 7.91. The van der Waals surface area contributed by atoms with Gasteiger partial charge in [-0.1, -0.05) is 23.7 Å². The summed E-state index contributed by atoms with van der Waals surface area (Å²) in [5.74, 6) is 0.0908. The molecule has 26 heavy (non-hydrogen) atoms. The van der Waals surface area contributed by atoms with E-state index in [0.29, 0.717) is 16.6 Å². The molecule has 1 fully saturated rings. The highest BCUT2D eigenvalue weighted by Gasteiger charge is 2.19. The molecule has 1 amide bonds. The van der Waals surface area contributed by atoms with Crippen LogP contribution in [0, 0.1) is 0 Å². The maximum atomic E-state index is 11.8. The number of amides is 1. The van der Waals surface area contributed by atoms with Gasteiger partial charge in [-0.05, 0) is 31.5 Å². The lowest BCUT2D eigenvalue weighted by molar-refractivity contribution is 0.100. The second kappa shape index (κ2) is 6.93. The Morgan fingerprint density at radius 2 is 2.15 bits per heavy atom. The van der Waals surface area contributed by atoms with E-state index in [1.165, 1.54) is 6.20 Å². The quantitative estimate of drug-likeness (QED) is 0.654. The van der Waals surface area contributed by atoms with Crippen LogP contribution in [0.15, 0.2) is 36.7 Å². The van der Waals surface area contributed by atoms with Crippen molar-refractivity contribution in [2.24, 2.45) is 5.73 Å². The number of anilines is 1. The number of carbonyl (C=O) groups is 1. The number of rotatable bonds is 4. The van der Waals surface area contributed by atoms with Gasteiger partial charge in [0.2, 0.25) is 5.95 Å². The molecule has 134 valence electrons. The maximum Gasteiger partial charge on any atom is 0.254 e. The molecule has 1 atom stereocenters. The lowest BCUT2D eigenvalue weighted by Gasteiger charge is -2.24. The predicted octanol–water partition coefficient (Wildman–Crippen LogP) is 2.31. The largest absolute Gasteiger partial charge is 0.365 e. The van der Waals surface area contributed by atoms with Gasteiger partial charge < -0.3 is 16.4 Å². The number of halogens is 1. The first-order chi connectivity index (χ1) is 12.6. The maximum absolute atomic E-state index is 11.8. The van der Waals surface area contributed by atoms with Crippen molar-refractivity contribution in [1.82, 2.24) is 19.7 Å². The Morgan fingerprint density at radius 1 is 1.35 bits per heavy atom. The van der Waals surface area contributed by atoms with Crippen LogP contribution < -0.4 is 16.4 Å². The lowest BCUT2D eigenvalue weighted by atomic mass is 10.1. The number of primary amides is 1. The zero-order chi connectivity index (χ0) is 18.1. The molecule has 0 spiro atoms. The highest BCUT2D eigenvalue weighted by atomic mass is 35.5. The number of nitrogens with one attached hydrogen (secondary N) is 2. The third kappa shape index (κ3) is 3.23. The van der Waals surface area contributed by atoms with E-state index in [9.17, 15) is 4.79 Å². The van der Waals surface area contributed by atoms with Gasteiger partial charge in [0.15, 0.2) is 5.65 Å². The van der Waals surface area contributed by atoms with Crippen LogP contribution in [0.1, 0.15) is 23.2 Å². The third-order valence-corrected chi connectivity index (χ3v) is 4.78. The summed E-state index contributed by atoms with van der Waals surface area (Å²) in [6, 6.07) is 7.67. The number of carbonyl (C=O) groups excluding carboxylic acids is 1. The number of benzene rings is 1. The van der Waals surface area contributed by atoms with Crippen LogP contribution in [-0.2, 0) is 0 Å². The molecule has 3 heterocycles. The first kappa shape index (κ1) is 16.8. The normalized spacial score (nSPS) is 17.3. The Hall–Kier alpha value is -2.64. The molecule has 7 nitrogen and oxygen atoms in total. The molecule has 2 aromatic heterocycles. The number of aromatic nitrogens is 3. The van der Waals surface area contributed by atoms with Crippen molar-refractivity contribution in [2.45, 2.75) is 18.9 Å². The highest BCUT2D eigenvalue weighted by Crippen LogP contribution is 2.24. The molecule has 4 N–H and O–H groups in total. The molecule has 1 aliphatic rings. The number of imidazole rings is 1. The van der Waals surface area contributed by atoms with Crippen LogP contribution >= 0.6 is 11.6 Å². The minimum absolute atomic E-state index is 0.278. The number of hydrogen-bond acceptors (Lipinski definition) is 5. The molecule has 0 aliphatic carbocycles. The van der Waals surface area contributed by atoms with Crippen molar-refractivity contribution in [1.29, 1.82) is 0 Å². The molecular weight excluding hydrogens is 352 g/mol. The fraction of sp³-hybridized carbons (Fsp3) is 0.278. The Kier molecular flexibility index (Phi) is 4.48. The van der Waals surface area contributed by atoms with Crippen LogP contribution in [0.5, 0.6) is 0 Å². The molecule has 0 bridgehead atoms. The smallest absolute Gasteiger partial charge is 0.254 e. The van der Waals surface area contributed by atoms with E-state index in [-0.39, 0.29) is 11.6 Å². The summed E-state index contributed by atoms with van der Waals surface area (Å²) < 4.78 is 1.79. The predicted molar refractivity (Wildman–Crippen MR) is 101 cm³/mol. The Bertz CT molecular complexity index is 946. The molecule has 0 saturated carbocycles. The van der Waals surface area contributed by atoms with Gasteiger partial charge in [-0.25, -0.2) is 9.97 Å². The van der Waals surface area contributed by atoms with Crippen molar-refractivity contribution < 1.29 is 4.79 Å². The zero-order valence-corrected chi connectivity index (χ0v) is 14.8.